The Labute approximate surface area is 198 Å². The maximum atomic E-state index is 13.7. The van der Waals surface area contributed by atoms with Crippen molar-refractivity contribution in [2.24, 2.45) is 0 Å². The van der Waals surface area contributed by atoms with Crippen LogP contribution in [0.2, 0.25) is 5.02 Å². The summed E-state index contributed by atoms with van der Waals surface area (Å²) in [6.45, 7) is 5.50. The number of nitrogens with one attached hydrogen (secondary N) is 1. The zero-order valence-corrected chi connectivity index (χ0v) is 19.4. The van der Waals surface area contributed by atoms with Gasteiger partial charge in [0.15, 0.2) is 5.13 Å². The molecular weight excluding hydrogens is 473 g/mol. The van der Waals surface area contributed by atoms with Crippen molar-refractivity contribution in [3.63, 3.8) is 0 Å². The number of anilines is 1. The smallest absolute Gasteiger partial charge is 0.257 e. The molecule has 0 bridgehead atoms. The molecule has 0 spiro atoms. The fraction of sp³-hybridized carbons (Fsp3) is 0.227. The lowest BCUT2D eigenvalue weighted by Crippen LogP contribution is -2.19. The van der Waals surface area contributed by atoms with E-state index in [1.165, 1.54) is 36.6 Å². The molecule has 2 aromatic heterocycles. The number of aliphatic hydroxyl groups excluding tert-OH is 1. The number of hydrogen-bond acceptors (Lipinski definition) is 8. The Hall–Kier alpha value is -3.21. The molecule has 0 saturated carbocycles. The van der Waals surface area contributed by atoms with Crippen LogP contribution in [0.1, 0.15) is 23.0 Å². The normalized spacial score (nSPS) is 11.6. The molecule has 1 aromatic carbocycles. The second-order valence-corrected chi connectivity index (χ2v) is 8.26. The van der Waals surface area contributed by atoms with E-state index >= 15 is 0 Å². The summed E-state index contributed by atoms with van der Waals surface area (Å²) in [6.07, 6.45) is -0.170. The van der Waals surface area contributed by atoms with Crippen LogP contribution >= 0.6 is 22.9 Å². The van der Waals surface area contributed by atoms with Crippen LogP contribution in [0.15, 0.2) is 48.0 Å². The van der Waals surface area contributed by atoms with Crippen LogP contribution in [-0.2, 0) is 11.2 Å². The predicted octanol–water partition coefficient (Wildman–Crippen LogP) is 5.40. The van der Waals surface area contributed by atoms with Crippen LogP contribution in [0.5, 0.6) is 17.5 Å². The number of aliphatic hydroxyl groups is 1. The van der Waals surface area contributed by atoms with Crippen molar-refractivity contribution >= 4 is 34.0 Å². The van der Waals surface area contributed by atoms with E-state index < -0.39 is 11.7 Å². The Morgan fingerprint density at radius 3 is 2.73 bits per heavy atom. The number of benzene rings is 1. The van der Waals surface area contributed by atoms with Crippen molar-refractivity contribution in [3.05, 3.63) is 70.1 Å². The van der Waals surface area contributed by atoms with E-state index in [2.05, 4.69) is 21.9 Å². The molecule has 0 fully saturated rings. The van der Waals surface area contributed by atoms with E-state index in [1.807, 2.05) is 0 Å². The first kappa shape index (κ1) is 24.4. The Balaban J connectivity index is 1.86. The first-order chi connectivity index (χ1) is 15.7. The van der Waals surface area contributed by atoms with Gasteiger partial charge in [-0.05, 0) is 19.1 Å². The number of amides is 1. The third-order valence-electron chi connectivity index (χ3n) is 3.98. The number of ether oxygens (including phenoxy) is 3. The number of thiazole rings is 1. The Kier molecular flexibility index (Phi) is 8.21. The van der Waals surface area contributed by atoms with Gasteiger partial charge in [0.25, 0.3) is 5.91 Å². The lowest BCUT2D eigenvalue weighted by atomic mass is 10.2. The number of nitrogens with zero attached hydrogens (tertiary/aromatic N) is 2. The highest BCUT2D eigenvalue weighted by molar-refractivity contribution is 7.14. The molecule has 0 aliphatic rings. The Morgan fingerprint density at radius 1 is 1.27 bits per heavy atom. The number of rotatable bonds is 10. The Morgan fingerprint density at radius 2 is 2.03 bits per heavy atom. The average Bonchev–Trinajstić information content (AvgIpc) is 3.13. The minimum absolute atomic E-state index is 0.000316. The summed E-state index contributed by atoms with van der Waals surface area (Å²) in [7, 11) is 1.54. The molecule has 2 heterocycles. The quantitative estimate of drug-likeness (QED) is 0.364. The van der Waals surface area contributed by atoms with Crippen LogP contribution in [0, 0.1) is 5.82 Å². The molecule has 0 saturated heterocycles. The van der Waals surface area contributed by atoms with E-state index in [4.69, 9.17) is 25.8 Å². The zero-order chi connectivity index (χ0) is 24.0. The summed E-state index contributed by atoms with van der Waals surface area (Å²) in [5.41, 5.74) is 0.743. The molecule has 1 unspecified atom stereocenters. The largest absolute Gasteiger partial charge is 0.513 e. The minimum Gasteiger partial charge on any atom is -0.513 e. The fourth-order valence-corrected chi connectivity index (χ4v) is 3.65. The van der Waals surface area contributed by atoms with Gasteiger partial charge in [0.05, 0.1) is 23.6 Å². The molecule has 3 aromatic rings. The molecular formula is C22H21ClFN3O5S. The monoisotopic (exact) mass is 493 g/mol. The predicted molar refractivity (Wildman–Crippen MR) is 123 cm³/mol. The molecule has 174 valence electrons. The molecule has 8 nitrogen and oxygen atoms in total. The standard InChI is InChI=1S/C22H21ClFN3O5S/c1-12(28)4-17-11-33-22(25-17)27-21(29)14-5-19(31-13(2)10-30-3)26-20(6-14)32-18-8-15(23)7-16(24)9-18/h5-9,11,13,28H,1,4,10H2,2-3H3,(H,25,27,29). The van der Waals surface area contributed by atoms with Crippen LogP contribution < -0.4 is 14.8 Å². The third kappa shape index (κ3) is 7.41. The van der Waals surface area contributed by atoms with Gasteiger partial charge >= 0.3 is 0 Å². The van der Waals surface area contributed by atoms with E-state index in [0.717, 1.165) is 12.1 Å². The summed E-state index contributed by atoms with van der Waals surface area (Å²) in [4.78, 5) is 21.3. The van der Waals surface area contributed by atoms with Crippen molar-refractivity contribution in [3.8, 4) is 17.5 Å². The minimum atomic E-state index is -0.582. The lowest BCUT2D eigenvalue weighted by Gasteiger charge is -2.15. The van der Waals surface area contributed by atoms with E-state index in [1.54, 1.807) is 12.3 Å². The number of allylic oxidation sites excluding steroid dienone is 1. The van der Waals surface area contributed by atoms with Crippen molar-refractivity contribution in [1.29, 1.82) is 0 Å². The number of halogens is 2. The first-order valence-corrected chi connectivity index (χ1v) is 10.9. The number of hydrogen-bond donors (Lipinski definition) is 2. The van der Waals surface area contributed by atoms with Gasteiger partial charge in [-0.1, -0.05) is 18.2 Å². The van der Waals surface area contributed by atoms with Crippen molar-refractivity contribution in [2.45, 2.75) is 19.4 Å². The van der Waals surface area contributed by atoms with Gasteiger partial charge in [-0.2, -0.15) is 4.98 Å². The van der Waals surface area contributed by atoms with E-state index in [-0.39, 0.29) is 46.4 Å². The molecule has 0 aliphatic carbocycles. The van der Waals surface area contributed by atoms with Gasteiger partial charge in [-0.25, -0.2) is 9.37 Å². The van der Waals surface area contributed by atoms with Gasteiger partial charge < -0.3 is 19.3 Å². The summed E-state index contributed by atoms with van der Waals surface area (Å²) in [6, 6.07) is 6.52. The van der Waals surface area contributed by atoms with Gasteiger partial charge in [0, 0.05) is 42.1 Å². The van der Waals surface area contributed by atoms with Gasteiger partial charge in [-0.3, -0.25) is 10.1 Å². The molecule has 0 radical (unpaired) electrons. The maximum absolute atomic E-state index is 13.7. The van der Waals surface area contributed by atoms with E-state index in [9.17, 15) is 14.3 Å². The van der Waals surface area contributed by atoms with E-state index in [0.29, 0.717) is 17.4 Å². The fourth-order valence-electron chi connectivity index (χ4n) is 2.73. The lowest BCUT2D eigenvalue weighted by molar-refractivity contribution is 0.0882. The first-order valence-electron chi connectivity index (χ1n) is 9.66. The highest BCUT2D eigenvalue weighted by Crippen LogP contribution is 2.28. The van der Waals surface area contributed by atoms with Crippen molar-refractivity contribution in [1.82, 2.24) is 9.97 Å². The molecule has 3 rings (SSSR count). The van der Waals surface area contributed by atoms with Crippen LogP contribution in [0.4, 0.5) is 9.52 Å². The molecule has 11 heteroatoms. The average molecular weight is 494 g/mol. The summed E-state index contributed by atoms with van der Waals surface area (Å²) in [5, 5.41) is 14.2. The third-order valence-corrected chi connectivity index (χ3v) is 5.00. The molecule has 0 aliphatic heterocycles. The highest BCUT2D eigenvalue weighted by Gasteiger charge is 2.16. The van der Waals surface area contributed by atoms with Crippen molar-refractivity contribution < 1.29 is 28.5 Å². The number of aromatic nitrogens is 2. The SMILES string of the molecule is C=C(O)Cc1csc(NC(=O)c2cc(Oc3cc(F)cc(Cl)c3)nc(OC(C)COC)c2)n1. The highest BCUT2D eigenvalue weighted by atomic mass is 35.5. The van der Waals surface area contributed by atoms with Crippen LogP contribution in [0.3, 0.4) is 0 Å². The molecule has 1 atom stereocenters. The van der Waals surface area contributed by atoms with Crippen LogP contribution in [-0.4, -0.2) is 40.8 Å². The zero-order valence-electron chi connectivity index (χ0n) is 17.8. The summed E-state index contributed by atoms with van der Waals surface area (Å²) >= 11 is 7.09. The van der Waals surface area contributed by atoms with Gasteiger partial charge in [0.2, 0.25) is 11.8 Å². The number of pyridine rings is 1. The van der Waals surface area contributed by atoms with Crippen LogP contribution in [0.25, 0.3) is 0 Å². The maximum Gasteiger partial charge on any atom is 0.257 e. The summed E-state index contributed by atoms with van der Waals surface area (Å²) < 4.78 is 30.1. The second kappa shape index (κ2) is 11.1. The van der Waals surface area contributed by atoms with Gasteiger partial charge in [0.1, 0.15) is 17.7 Å². The number of methoxy groups -OCH3 is 1. The number of carbonyl (C=O) groups is 1. The number of carbonyl (C=O) groups excluding carboxylic acids is 1. The summed E-state index contributed by atoms with van der Waals surface area (Å²) in [5.74, 6) is -0.885. The molecule has 33 heavy (non-hydrogen) atoms. The van der Waals surface area contributed by atoms with Gasteiger partial charge in [-0.15, -0.1) is 11.3 Å². The Bertz CT molecular complexity index is 1140. The van der Waals surface area contributed by atoms with Crippen molar-refractivity contribution in [2.75, 3.05) is 19.0 Å². The molecule has 1 amide bonds. The second-order valence-electron chi connectivity index (χ2n) is 6.96. The topological polar surface area (TPSA) is 103 Å². The molecule has 2 N–H and O–H groups in total.